The summed E-state index contributed by atoms with van der Waals surface area (Å²) >= 11 is 0. The zero-order valence-corrected chi connectivity index (χ0v) is 9.63. The van der Waals surface area contributed by atoms with Gasteiger partial charge in [-0.15, -0.1) is 6.58 Å². The molecule has 0 spiro atoms. The molecule has 2 atom stereocenters. The van der Waals surface area contributed by atoms with Crippen LogP contribution in [-0.4, -0.2) is 17.5 Å². The molecule has 0 bridgehead atoms. The third-order valence-electron chi connectivity index (χ3n) is 3.31. The molecule has 1 N–H and O–H groups in total. The van der Waals surface area contributed by atoms with Crippen molar-refractivity contribution in [2.45, 2.75) is 18.9 Å². The van der Waals surface area contributed by atoms with Gasteiger partial charge in [0.15, 0.2) is 0 Å². The van der Waals surface area contributed by atoms with Crippen molar-refractivity contribution in [1.82, 2.24) is 5.32 Å². The summed E-state index contributed by atoms with van der Waals surface area (Å²) in [6.45, 7) is 4.86. The highest BCUT2D eigenvalue weighted by atomic mass is 16.6. The Kier molecular flexibility index (Phi) is 3.54. The zero-order valence-electron chi connectivity index (χ0n) is 9.63. The molecule has 17 heavy (non-hydrogen) atoms. The fraction of sp³-hybridized carbons (Fsp3) is 0.385. The molecular formula is C13H16N2O2. The van der Waals surface area contributed by atoms with Crippen LogP contribution in [0.3, 0.4) is 0 Å². The van der Waals surface area contributed by atoms with Gasteiger partial charge in [-0.3, -0.25) is 10.1 Å². The lowest BCUT2D eigenvalue weighted by atomic mass is 9.95. The summed E-state index contributed by atoms with van der Waals surface area (Å²) < 4.78 is 0. The molecule has 0 aliphatic carbocycles. The first-order chi connectivity index (χ1) is 8.20. The molecular weight excluding hydrogens is 216 g/mol. The Morgan fingerprint density at radius 2 is 2.18 bits per heavy atom. The second-order valence-electron chi connectivity index (χ2n) is 4.38. The molecule has 1 aliphatic rings. The van der Waals surface area contributed by atoms with E-state index in [9.17, 15) is 10.1 Å². The monoisotopic (exact) mass is 232 g/mol. The molecule has 1 aromatic rings. The third kappa shape index (κ3) is 2.71. The first-order valence-corrected chi connectivity index (χ1v) is 5.80. The first kappa shape index (κ1) is 11.8. The summed E-state index contributed by atoms with van der Waals surface area (Å²) in [6.07, 6.45) is 4.02. The van der Waals surface area contributed by atoms with Crippen molar-refractivity contribution in [3.8, 4) is 0 Å². The molecule has 2 unspecified atom stereocenters. The largest absolute Gasteiger partial charge is 0.313 e. The lowest BCUT2D eigenvalue weighted by molar-refractivity contribution is -0.384. The Labute approximate surface area is 100 Å². The average Bonchev–Trinajstić information content (AvgIpc) is 2.77. The lowest BCUT2D eigenvalue weighted by Gasteiger charge is -2.16. The predicted octanol–water partition coefficient (Wildman–Crippen LogP) is 2.30. The van der Waals surface area contributed by atoms with Crippen LogP contribution in [0.5, 0.6) is 0 Å². The highest BCUT2D eigenvalue weighted by Gasteiger charge is 2.24. The van der Waals surface area contributed by atoms with Gasteiger partial charge in [-0.05, 0) is 30.9 Å². The molecule has 1 aromatic carbocycles. The van der Waals surface area contributed by atoms with Gasteiger partial charge in [0.25, 0.3) is 5.69 Å². The van der Waals surface area contributed by atoms with Crippen LogP contribution in [0.15, 0.2) is 36.9 Å². The topological polar surface area (TPSA) is 55.2 Å². The standard InChI is InChI=1S/C13H16N2O2/c1-2-11-7-8-14-13(11)9-10-3-5-12(6-4-10)15(16)17/h2-6,11,13-14H,1,7-9H2. The zero-order chi connectivity index (χ0) is 12.3. The van der Waals surface area contributed by atoms with Crippen molar-refractivity contribution >= 4 is 5.69 Å². The quantitative estimate of drug-likeness (QED) is 0.492. The van der Waals surface area contributed by atoms with E-state index in [0.717, 1.165) is 24.9 Å². The van der Waals surface area contributed by atoms with E-state index in [0.29, 0.717) is 12.0 Å². The first-order valence-electron chi connectivity index (χ1n) is 5.80. The van der Waals surface area contributed by atoms with E-state index < -0.39 is 0 Å². The molecule has 1 heterocycles. The number of non-ortho nitro benzene ring substituents is 1. The smallest absolute Gasteiger partial charge is 0.269 e. The van der Waals surface area contributed by atoms with E-state index >= 15 is 0 Å². The van der Waals surface area contributed by atoms with E-state index in [1.807, 2.05) is 18.2 Å². The third-order valence-corrected chi connectivity index (χ3v) is 3.31. The Balaban J connectivity index is 2.03. The molecule has 0 aromatic heterocycles. The Morgan fingerprint density at radius 1 is 1.47 bits per heavy atom. The van der Waals surface area contributed by atoms with Crippen molar-refractivity contribution in [2.75, 3.05) is 6.54 Å². The average molecular weight is 232 g/mol. The summed E-state index contributed by atoms with van der Waals surface area (Å²) in [7, 11) is 0. The second kappa shape index (κ2) is 5.10. The van der Waals surface area contributed by atoms with E-state index in [1.165, 1.54) is 0 Å². The van der Waals surface area contributed by atoms with Gasteiger partial charge in [0.2, 0.25) is 0 Å². The summed E-state index contributed by atoms with van der Waals surface area (Å²) in [5, 5.41) is 14.0. The van der Waals surface area contributed by atoms with Gasteiger partial charge in [0.1, 0.15) is 0 Å². The van der Waals surface area contributed by atoms with Gasteiger partial charge >= 0.3 is 0 Å². The van der Waals surface area contributed by atoms with Crippen molar-refractivity contribution in [2.24, 2.45) is 5.92 Å². The van der Waals surface area contributed by atoms with Crippen LogP contribution in [0, 0.1) is 16.0 Å². The maximum absolute atomic E-state index is 10.5. The van der Waals surface area contributed by atoms with Gasteiger partial charge in [-0.2, -0.15) is 0 Å². The minimum Gasteiger partial charge on any atom is -0.313 e. The maximum atomic E-state index is 10.5. The fourth-order valence-corrected chi connectivity index (χ4v) is 2.30. The van der Waals surface area contributed by atoms with Gasteiger partial charge < -0.3 is 5.32 Å². The van der Waals surface area contributed by atoms with Gasteiger partial charge in [-0.1, -0.05) is 18.2 Å². The van der Waals surface area contributed by atoms with Gasteiger partial charge in [0, 0.05) is 18.2 Å². The van der Waals surface area contributed by atoms with E-state index in [2.05, 4.69) is 11.9 Å². The van der Waals surface area contributed by atoms with Gasteiger partial charge in [0.05, 0.1) is 4.92 Å². The van der Waals surface area contributed by atoms with Crippen LogP contribution >= 0.6 is 0 Å². The number of nitrogens with one attached hydrogen (secondary N) is 1. The molecule has 1 aliphatic heterocycles. The molecule has 4 nitrogen and oxygen atoms in total. The van der Waals surface area contributed by atoms with Crippen LogP contribution in [0.1, 0.15) is 12.0 Å². The minimum absolute atomic E-state index is 0.147. The number of nitro benzene ring substituents is 1. The summed E-state index contributed by atoms with van der Waals surface area (Å²) in [4.78, 5) is 10.2. The van der Waals surface area contributed by atoms with Crippen molar-refractivity contribution < 1.29 is 4.92 Å². The second-order valence-corrected chi connectivity index (χ2v) is 4.38. The van der Waals surface area contributed by atoms with E-state index in [4.69, 9.17) is 0 Å². The van der Waals surface area contributed by atoms with Crippen molar-refractivity contribution in [1.29, 1.82) is 0 Å². The number of benzene rings is 1. The number of rotatable bonds is 4. The molecule has 4 heteroatoms. The summed E-state index contributed by atoms with van der Waals surface area (Å²) in [5.74, 6) is 0.505. The maximum Gasteiger partial charge on any atom is 0.269 e. The van der Waals surface area contributed by atoms with Crippen LogP contribution in [0.25, 0.3) is 0 Å². The highest BCUT2D eigenvalue weighted by Crippen LogP contribution is 2.21. The Bertz CT molecular complexity index is 414. The number of nitrogens with zero attached hydrogens (tertiary/aromatic N) is 1. The summed E-state index contributed by atoms with van der Waals surface area (Å²) in [5.41, 5.74) is 1.27. The van der Waals surface area contributed by atoms with Crippen LogP contribution in [-0.2, 0) is 6.42 Å². The molecule has 0 radical (unpaired) electrons. The molecule has 0 amide bonds. The molecule has 90 valence electrons. The minimum atomic E-state index is -0.371. The highest BCUT2D eigenvalue weighted by molar-refractivity contribution is 5.33. The Morgan fingerprint density at radius 3 is 2.76 bits per heavy atom. The fourth-order valence-electron chi connectivity index (χ4n) is 2.30. The molecule has 1 saturated heterocycles. The normalized spacial score (nSPS) is 23.5. The molecule has 2 rings (SSSR count). The van der Waals surface area contributed by atoms with Crippen molar-refractivity contribution in [3.63, 3.8) is 0 Å². The molecule has 1 fully saturated rings. The van der Waals surface area contributed by atoms with Crippen molar-refractivity contribution in [3.05, 3.63) is 52.6 Å². The Hall–Kier alpha value is -1.68. The molecule has 0 saturated carbocycles. The van der Waals surface area contributed by atoms with E-state index in [-0.39, 0.29) is 10.6 Å². The SMILES string of the molecule is C=CC1CCNC1Cc1ccc([N+](=O)[O-])cc1. The lowest BCUT2D eigenvalue weighted by Crippen LogP contribution is -2.28. The predicted molar refractivity (Wildman–Crippen MR) is 66.9 cm³/mol. The van der Waals surface area contributed by atoms with Gasteiger partial charge in [-0.25, -0.2) is 0 Å². The van der Waals surface area contributed by atoms with Crippen LogP contribution < -0.4 is 5.32 Å². The van der Waals surface area contributed by atoms with Crippen LogP contribution in [0.4, 0.5) is 5.69 Å². The number of hydrogen-bond acceptors (Lipinski definition) is 3. The van der Waals surface area contributed by atoms with E-state index in [1.54, 1.807) is 12.1 Å². The van der Waals surface area contributed by atoms with Crippen LogP contribution in [0.2, 0.25) is 0 Å². The summed E-state index contributed by atoms with van der Waals surface area (Å²) in [6, 6.07) is 7.20. The number of nitro groups is 1. The number of hydrogen-bond donors (Lipinski definition) is 1.